The Morgan fingerprint density at radius 1 is 1.48 bits per heavy atom. The molecule has 0 unspecified atom stereocenters. The highest BCUT2D eigenvalue weighted by Crippen LogP contribution is 2.22. The lowest BCUT2D eigenvalue weighted by Gasteiger charge is -2.36. The lowest BCUT2D eigenvalue weighted by Crippen LogP contribution is -2.50. The second kappa shape index (κ2) is 6.59. The number of halogens is 1. The molecule has 124 valence electrons. The second-order valence-corrected chi connectivity index (χ2v) is 6.64. The molecule has 1 aliphatic rings. The van der Waals surface area contributed by atoms with Gasteiger partial charge in [0.15, 0.2) is 0 Å². The zero-order chi connectivity index (χ0) is 16.6. The number of fused-ring (bicyclic) bond motifs is 1. The van der Waals surface area contributed by atoms with Crippen molar-refractivity contribution in [3.8, 4) is 0 Å². The highest BCUT2D eigenvalue weighted by atomic mass is 35.5. The summed E-state index contributed by atoms with van der Waals surface area (Å²) >= 11 is 6.04. The summed E-state index contributed by atoms with van der Waals surface area (Å²) in [6.45, 7) is 9.79. The van der Waals surface area contributed by atoms with Crippen molar-refractivity contribution in [1.82, 2.24) is 19.8 Å². The van der Waals surface area contributed by atoms with Crippen LogP contribution in [0.5, 0.6) is 0 Å². The van der Waals surface area contributed by atoms with E-state index >= 15 is 0 Å². The molecule has 0 aliphatic carbocycles. The largest absolute Gasteiger partial charge is 0.312 e. The number of nitrogens with zero attached hydrogens (tertiary/aromatic N) is 3. The van der Waals surface area contributed by atoms with Crippen molar-refractivity contribution in [3.05, 3.63) is 39.4 Å². The Morgan fingerprint density at radius 2 is 2.26 bits per heavy atom. The molecular formula is C17H23ClN4O. The molecule has 0 amide bonds. The minimum absolute atomic E-state index is 0.00923. The van der Waals surface area contributed by atoms with Gasteiger partial charge in [0.05, 0.1) is 16.9 Å². The minimum atomic E-state index is -0.00923. The Hall–Kier alpha value is -1.43. The van der Waals surface area contributed by atoms with Crippen molar-refractivity contribution in [1.29, 1.82) is 0 Å². The van der Waals surface area contributed by atoms with E-state index in [1.54, 1.807) is 16.7 Å². The Balaban J connectivity index is 2.09. The fourth-order valence-electron chi connectivity index (χ4n) is 3.31. The fraction of sp³-hybridized carbons (Fsp3) is 0.529. The molecule has 1 aliphatic heterocycles. The van der Waals surface area contributed by atoms with Crippen molar-refractivity contribution in [3.63, 3.8) is 0 Å². The van der Waals surface area contributed by atoms with Crippen molar-refractivity contribution in [2.75, 3.05) is 19.6 Å². The molecule has 23 heavy (non-hydrogen) atoms. The topological polar surface area (TPSA) is 50.2 Å². The lowest BCUT2D eigenvalue weighted by molar-refractivity contribution is 0.150. The number of hydrogen-bond donors (Lipinski definition) is 1. The molecule has 0 spiro atoms. The zero-order valence-corrected chi connectivity index (χ0v) is 14.6. The van der Waals surface area contributed by atoms with E-state index in [1.165, 1.54) is 0 Å². The predicted octanol–water partition coefficient (Wildman–Crippen LogP) is 2.42. The first-order valence-electron chi connectivity index (χ1n) is 8.18. The SMILES string of the molecule is CCn1c([C@@H](C)N2CCN[C@H](C)C2)nc2ccc(Cl)cc2c1=O. The number of nitrogens with one attached hydrogen (secondary N) is 1. The van der Waals surface area contributed by atoms with Crippen LogP contribution < -0.4 is 10.9 Å². The Bertz CT molecular complexity index is 773. The van der Waals surface area contributed by atoms with E-state index < -0.39 is 0 Å². The molecule has 2 aromatic rings. The summed E-state index contributed by atoms with van der Waals surface area (Å²) in [5.41, 5.74) is 0.708. The Kier molecular flexibility index (Phi) is 4.71. The van der Waals surface area contributed by atoms with E-state index in [0.717, 1.165) is 25.5 Å². The molecule has 1 aromatic carbocycles. The van der Waals surface area contributed by atoms with Gasteiger partial charge in [-0.05, 0) is 39.0 Å². The number of piperazine rings is 1. The molecule has 3 rings (SSSR count). The maximum Gasteiger partial charge on any atom is 0.261 e. The Morgan fingerprint density at radius 3 is 2.96 bits per heavy atom. The van der Waals surface area contributed by atoms with Gasteiger partial charge in [-0.1, -0.05) is 11.6 Å². The monoisotopic (exact) mass is 334 g/mol. The summed E-state index contributed by atoms with van der Waals surface area (Å²) in [6, 6.07) is 5.88. The summed E-state index contributed by atoms with van der Waals surface area (Å²) in [5, 5.41) is 4.60. The van der Waals surface area contributed by atoms with Crippen molar-refractivity contribution < 1.29 is 0 Å². The van der Waals surface area contributed by atoms with Crippen molar-refractivity contribution in [2.45, 2.75) is 39.4 Å². The molecule has 5 nitrogen and oxygen atoms in total. The summed E-state index contributed by atoms with van der Waals surface area (Å²) in [5.74, 6) is 0.835. The quantitative estimate of drug-likeness (QED) is 0.936. The van der Waals surface area contributed by atoms with Crippen LogP contribution in [0.2, 0.25) is 5.02 Å². The number of benzene rings is 1. The molecule has 0 bridgehead atoms. The zero-order valence-electron chi connectivity index (χ0n) is 13.8. The van der Waals surface area contributed by atoms with Gasteiger partial charge in [0.25, 0.3) is 5.56 Å². The van der Waals surface area contributed by atoms with E-state index in [4.69, 9.17) is 16.6 Å². The molecule has 1 saturated heterocycles. The van der Waals surface area contributed by atoms with E-state index in [1.807, 2.05) is 13.0 Å². The van der Waals surface area contributed by atoms with Gasteiger partial charge in [-0.2, -0.15) is 0 Å². The smallest absolute Gasteiger partial charge is 0.261 e. The van der Waals surface area contributed by atoms with Gasteiger partial charge in [0.2, 0.25) is 0 Å². The number of hydrogen-bond acceptors (Lipinski definition) is 4. The van der Waals surface area contributed by atoms with Gasteiger partial charge in [-0.3, -0.25) is 14.3 Å². The average Bonchev–Trinajstić information content (AvgIpc) is 2.54. The molecule has 2 heterocycles. The van der Waals surface area contributed by atoms with Gasteiger partial charge < -0.3 is 5.32 Å². The van der Waals surface area contributed by atoms with Crippen molar-refractivity contribution >= 4 is 22.5 Å². The van der Waals surface area contributed by atoms with E-state index in [2.05, 4.69) is 24.1 Å². The van der Waals surface area contributed by atoms with E-state index in [9.17, 15) is 4.79 Å². The van der Waals surface area contributed by atoms with Crippen LogP contribution in [0.25, 0.3) is 10.9 Å². The van der Waals surface area contributed by atoms with Gasteiger partial charge >= 0.3 is 0 Å². The average molecular weight is 335 g/mol. The maximum atomic E-state index is 12.8. The van der Waals surface area contributed by atoms with Gasteiger partial charge in [-0.25, -0.2) is 4.98 Å². The van der Waals surface area contributed by atoms with Crippen LogP contribution in [0.1, 0.15) is 32.6 Å². The third-order valence-corrected chi connectivity index (χ3v) is 4.82. The van der Waals surface area contributed by atoms with E-state index in [-0.39, 0.29) is 11.6 Å². The highest BCUT2D eigenvalue weighted by Gasteiger charge is 2.25. The summed E-state index contributed by atoms with van der Waals surface area (Å²) < 4.78 is 1.77. The molecule has 6 heteroatoms. The van der Waals surface area contributed by atoms with E-state index in [0.29, 0.717) is 28.5 Å². The second-order valence-electron chi connectivity index (χ2n) is 6.21. The van der Waals surface area contributed by atoms with Crippen LogP contribution in [-0.2, 0) is 6.54 Å². The molecule has 0 saturated carbocycles. The predicted molar refractivity (Wildman–Crippen MR) is 94.1 cm³/mol. The van der Waals surface area contributed by atoms with Gasteiger partial charge in [0, 0.05) is 37.2 Å². The minimum Gasteiger partial charge on any atom is -0.312 e. The highest BCUT2D eigenvalue weighted by molar-refractivity contribution is 6.31. The summed E-state index contributed by atoms with van der Waals surface area (Å²) in [7, 11) is 0. The molecular weight excluding hydrogens is 312 g/mol. The van der Waals surface area contributed by atoms with Gasteiger partial charge in [-0.15, -0.1) is 0 Å². The number of rotatable bonds is 3. The molecule has 0 radical (unpaired) electrons. The van der Waals surface area contributed by atoms with Crippen LogP contribution in [0.4, 0.5) is 0 Å². The first-order valence-corrected chi connectivity index (χ1v) is 8.56. The Labute approximate surface area is 141 Å². The van der Waals surface area contributed by atoms with Crippen LogP contribution in [0, 0.1) is 0 Å². The third-order valence-electron chi connectivity index (χ3n) is 4.58. The van der Waals surface area contributed by atoms with Crippen molar-refractivity contribution in [2.24, 2.45) is 0 Å². The first-order chi connectivity index (χ1) is 11.0. The number of aromatic nitrogens is 2. The molecule has 1 fully saturated rings. The maximum absolute atomic E-state index is 12.8. The van der Waals surface area contributed by atoms with Crippen LogP contribution in [0.3, 0.4) is 0 Å². The van der Waals surface area contributed by atoms with Crippen LogP contribution in [0.15, 0.2) is 23.0 Å². The first kappa shape index (κ1) is 16.4. The normalized spacial score (nSPS) is 20.8. The third kappa shape index (κ3) is 3.13. The van der Waals surface area contributed by atoms with Crippen LogP contribution in [-0.4, -0.2) is 40.1 Å². The van der Waals surface area contributed by atoms with Crippen LogP contribution >= 0.6 is 11.6 Å². The summed E-state index contributed by atoms with van der Waals surface area (Å²) in [6.07, 6.45) is 0. The summed E-state index contributed by atoms with van der Waals surface area (Å²) in [4.78, 5) is 20.0. The fourth-order valence-corrected chi connectivity index (χ4v) is 3.48. The molecule has 1 aromatic heterocycles. The molecule has 2 atom stereocenters. The van der Waals surface area contributed by atoms with Gasteiger partial charge in [0.1, 0.15) is 5.82 Å². The lowest BCUT2D eigenvalue weighted by atomic mass is 10.1. The molecule has 1 N–H and O–H groups in total. The standard InChI is InChI=1S/C17H23ClN4O/c1-4-22-16(12(3)21-8-7-19-11(2)10-21)20-15-6-5-13(18)9-14(15)17(22)23/h5-6,9,11-12,19H,4,7-8,10H2,1-3H3/t11-,12-/m1/s1.